The summed E-state index contributed by atoms with van der Waals surface area (Å²) in [5.74, 6) is 0. The molecule has 1 amide bonds. The number of amides is 1. The monoisotopic (exact) mass is 454 g/mol. The molecule has 1 aromatic heterocycles. The van der Waals surface area contributed by atoms with Gasteiger partial charge in [-0.3, -0.25) is 4.72 Å². The second-order valence-electron chi connectivity index (χ2n) is 8.54. The summed E-state index contributed by atoms with van der Waals surface area (Å²) in [5, 5.41) is 12.7. The van der Waals surface area contributed by atoms with Gasteiger partial charge in [-0.15, -0.1) is 0 Å². The minimum Gasteiger partial charge on any atom is -0.444 e. The number of fused-ring (bicyclic) bond motifs is 1. The first-order chi connectivity index (χ1) is 14.9. The molecule has 1 heterocycles. The quantitative estimate of drug-likeness (QED) is 0.514. The van der Waals surface area contributed by atoms with Crippen molar-refractivity contribution in [3.8, 4) is 6.07 Å². The van der Waals surface area contributed by atoms with Crippen LogP contribution in [0.4, 0.5) is 10.5 Å². The zero-order valence-electron chi connectivity index (χ0n) is 18.6. The Morgan fingerprint density at radius 3 is 2.41 bits per heavy atom. The maximum Gasteiger partial charge on any atom is 0.408 e. The van der Waals surface area contributed by atoms with Crippen molar-refractivity contribution in [1.82, 2.24) is 10.3 Å². The highest BCUT2D eigenvalue weighted by Crippen LogP contribution is 2.30. The van der Waals surface area contributed by atoms with Crippen LogP contribution in [0.15, 0.2) is 47.5 Å². The minimum absolute atomic E-state index is 0.0755. The van der Waals surface area contributed by atoms with Crippen LogP contribution in [0.5, 0.6) is 0 Å². The number of nitrogens with one attached hydrogen (secondary N) is 3. The topological polar surface area (TPSA) is 124 Å². The SMILES string of the molecule is Cc1ccc(NS(=O)(=O)c2ccc([C@@H](C)NC(=O)OC(C)(C)C)cc2)c2[nH]cc(C#N)c12. The van der Waals surface area contributed by atoms with E-state index in [1.165, 1.54) is 12.1 Å². The fourth-order valence-corrected chi connectivity index (χ4v) is 4.37. The van der Waals surface area contributed by atoms with E-state index < -0.39 is 21.7 Å². The number of hydrogen-bond donors (Lipinski definition) is 3. The number of hydrogen-bond acceptors (Lipinski definition) is 5. The van der Waals surface area contributed by atoms with E-state index in [0.717, 1.165) is 11.1 Å². The van der Waals surface area contributed by atoms with Crippen LogP contribution < -0.4 is 10.0 Å². The van der Waals surface area contributed by atoms with E-state index in [1.807, 2.05) is 6.92 Å². The second-order valence-corrected chi connectivity index (χ2v) is 10.2. The summed E-state index contributed by atoms with van der Waals surface area (Å²) in [5.41, 5.74) is 2.36. The Bertz CT molecular complexity index is 1300. The van der Waals surface area contributed by atoms with Gasteiger partial charge in [0.2, 0.25) is 0 Å². The molecule has 9 heteroatoms. The van der Waals surface area contributed by atoms with Crippen molar-refractivity contribution in [1.29, 1.82) is 5.26 Å². The predicted molar refractivity (Wildman–Crippen MR) is 123 cm³/mol. The molecule has 0 aliphatic heterocycles. The Hall–Kier alpha value is -3.51. The Morgan fingerprint density at radius 1 is 1.16 bits per heavy atom. The predicted octanol–water partition coefficient (Wildman–Crippen LogP) is 4.73. The number of rotatable bonds is 5. The number of alkyl carbamates (subject to hydrolysis) is 1. The minimum atomic E-state index is -3.87. The highest BCUT2D eigenvalue weighted by molar-refractivity contribution is 7.92. The molecular formula is C23H26N4O4S. The van der Waals surface area contributed by atoms with Gasteiger partial charge in [0, 0.05) is 11.6 Å². The number of aromatic amines is 1. The molecule has 0 saturated carbocycles. The maximum atomic E-state index is 12.9. The third kappa shape index (κ3) is 5.03. The molecule has 0 spiro atoms. The number of aromatic nitrogens is 1. The van der Waals surface area contributed by atoms with Crippen molar-refractivity contribution in [3.63, 3.8) is 0 Å². The average molecular weight is 455 g/mol. The molecule has 0 aliphatic rings. The number of nitrogens with zero attached hydrogens (tertiary/aromatic N) is 1. The Balaban J connectivity index is 1.80. The molecule has 8 nitrogen and oxygen atoms in total. The number of benzene rings is 2. The molecule has 32 heavy (non-hydrogen) atoms. The Kier molecular flexibility index (Phi) is 6.19. The van der Waals surface area contributed by atoms with E-state index >= 15 is 0 Å². The number of anilines is 1. The average Bonchev–Trinajstić information content (AvgIpc) is 3.14. The van der Waals surface area contributed by atoms with Crippen LogP contribution in [0.3, 0.4) is 0 Å². The van der Waals surface area contributed by atoms with Crippen LogP contribution in [-0.4, -0.2) is 25.1 Å². The van der Waals surface area contributed by atoms with Gasteiger partial charge in [-0.05, 0) is 63.9 Å². The smallest absolute Gasteiger partial charge is 0.408 e. The molecule has 3 aromatic rings. The molecular weight excluding hydrogens is 428 g/mol. The molecule has 0 unspecified atom stereocenters. The van der Waals surface area contributed by atoms with Crippen molar-refractivity contribution < 1.29 is 17.9 Å². The Morgan fingerprint density at radius 2 is 1.81 bits per heavy atom. The van der Waals surface area contributed by atoms with E-state index in [1.54, 1.807) is 58.2 Å². The molecule has 0 saturated heterocycles. The third-order valence-electron chi connectivity index (χ3n) is 4.83. The number of sulfonamides is 1. The summed E-state index contributed by atoms with van der Waals surface area (Å²) in [6.07, 6.45) is 1.01. The summed E-state index contributed by atoms with van der Waals surface area (Å²) in [4.78, 5) is 15.0. The molecule has 2 aromatic carbocycles. The first-order valence-corrected chi connectivity index (χ1v) is 11.5. The highest BCUT2D eigenvalue weighted by atomic mass is 32.2. The molecule has 0 fully saturated rings. The molecule has 0 bridgehead atoms. The number of ether oxygens (including phenoxy) is 1. The van der Waals surface area contributed by atoms with Crippen molar-refractivity contribution in [2.24, 2.45) is 0 Å². The van der Waals surface area contributed by atoms with Crippen molar-refractivity contribution in [2.75, 3.05) is 4.72 Å². The van der Waals surface area contributed by atoms with Gasteiger partial charge in [0.1, 0.15) is 11.7 Å². The third-order valence-corrected chi connectivity index (χ3v) is 6.21. The number of H-pyrrole nitrogens is 1. The normalized spacial score (nSPS) is 12.8. The number of carbonyl (C=O) groups is 1. The summed E-state index contributed by atoms with van der Waals surface area (Å²) in [6.45, 7) is 8.98. The fraction of sp³-hybridized carbons (Fsp3) is 0.304. The summed E-state index contributed by atoms with van der Waals surface area (Å²) < 4.78 is 33.7. The second kappa shape index (κ2) is 8.55. The number of aryl methyl sites for hydroxylation is 1. The molecule has 0 aliphatic carbocycles. The lowest BCUT2D eigenvalue weighted by Crippen LogP contribution is -2.34. The van der Waals surface area contributed by atoms with E-state index in [4.69, 9.17) is 4.74 Å². The fourth-order valence-electron chi connectivity index (χ4n) is 3.30. The molecule has 0 radical (unpaired) electrons. The molecule has 3 rings (SSSR count). The van der Waals surface area contributed by atoms with Crippen LogP contribution in [0.2, 0.25) is 0 Å². The maximum absolute atomic E-state index is 12.9. The van der Waals surface area contributed by atoms with Crippen molar-refractivity contribution >= 4 is 32.7 Å². The van der Waals surface area contributed by atoms with Gasteiger partial charge >= 0.3 is 6.09 Å². The molecule has 3 N–H and O–H groups in total. The van der Waals surface area contributed by atoms with Crippen molar-refractivity contribution in [3.05, 3.63) is 59.3 Å². The van der Waals surface area contributed by atoms with E-state index in [9.17, 15) is 18.5 Å². The van der Waals surface area contributed by atoms with E-state index in [-0.39, 0.29) is 10.9 Å². The lowest BCUT2D eigenvalue weighted by molar-refractivity contribution is 0.0508. The van der Waals surface area contributed by atoms with Crippen LogP contribution in [0.1, 0.15) is 50.4 Å². The van der Waals surface area contributed by atoms with Gasteiger partial charge in [-0.1, -0.05) is 18.2 Å². The van der Waals surface area contributed by atoms with Gasteiger partial charge in [-0.25, -0.2) is 13.2 Å². The zero-order chi connectivity index (χ0) is 23.7. The van der Waals surface area contributed by atoms with Crippen LogP contribution >= 0.6 is 0 Å². The summed E-state index contributed by atoms with van der Waals surface area (Å²) in [6, 6.07) is 11.4. The van der Waals surface area contributed by atoms with Crippen molar-refractivity contribution in [2.45, 2.75) is 51.2 Å². The summed E-state index contributed by atoms with van der Waals surface area (Å²) >= 11 is 0. The van der Waals surface area contributed by atoms with Gasteiger partial charge in [-0.2, -0.15) is 5.26 Å². The lowest BCUT2D eigenvalue weighted by atomic mass is 10.1. The largest absolute Gasteiger partial charge is 0.444 e. The van der Waals surface area contributed by atoms with Crippen LogP contribution in [0.25, 0.3) is 10.9 Å². The van der Waals surface area contributed by atoms with Crippen LogP contribution in [-0.2, 0) is 14.8 Å². The molecule has 1 atom stereocenters. The van der Waals surface area contributed by atoms with E-state index in [0.29, 0.717) is 22.2 Å². The number of carbonyl (C=O) groups excluding carboxylic acids is 1. The zero-order valence-corrected chi connectivity index (χ0v) is 19.4. The van der Waals surface area contributed by atoms with Crippen LogP contribution in [0, 0.1) is 18.3 Å². The first kappa shape index (κ1) is 23.2. The standard InChI is InChI=1S/C23H26N4O4S/c1-14-6-11-19(21-20(14)17(12-24)13-25-21)27-32(29,30)18-9-7-16(8-10-18)15(2)26-22(28)31-23(3,4)5/h6-11,13,15,25,27H,1-5H3,(H,26,28)/t15-/m1/s1. The Labute approximate surface area is 187 Å². The van der Waals surface area contributed by atoms with Gasteiger partial charge in [0.05, 0.1) is 27.7 Å². The first-order valence-electron chi connectivity index (χ1n) is 10.0. The number of nitriles is 1. The highest BCUT2D eigenvalue weighted by Gasteiger charge is 2.20. The van der Waals surface area contributed by atoms with Gasteiger partial charge in [0.25, 0.3) is 10.0 Å². The summed E-state index contributed by atoms with van der Waals surface area (Å²) in [7, 11) is -3.87. The van der Waals surface area contributed by atoms with Gasteiger partial charge < -0.3 is 15.0 Å². The molecule has 168 valence electrons. The van der Waals surface area contributed by atoms with Gasteiger partial charge in [0.15, 0.2) is 0 Å². The van der Waals surface area contributed by atoms with E-state index in [2.05, 4.69) is 21.1 Å². The lowest BCUT2D eigenvalue weighted by Gasteiger charge is -2.22.